The maximum Gasteiger partial charge on any atom is 0.312 e. The Balaban J connectivity index is 1.97. The molecule has 0 unspecified atom stereocenters. The van der Waals surface area contributed by atoms with Crippen molar-refractivity contribution in [1.29, 1.82) is 0 Å². The molecule has 2 aliphatic heterocycles. The van der Waals surface area contributed by atoms with E-state index in [1.54, 1.807) is 36.4 Å². The van der Waals surface area contributed by atoms with E-state index < -0.39 is 35.9 Å². The van der Waals surface area contributed by atoms with Gasteiger partial charge < -0.3 is 14.4 Å². The fourth-order valence-electron chi connectivity index (χ4n) is 4.44. The number of benzene rings is 2. The molecule has 2 aromatic carbocycles. The molecule has 2 heterocycles. The van der Waals surface area contributed by atoms with Crippen molar-refractivity contribution in [2.24, 2.45) is 11.8 Å². The van der Waals surface area contributed by atoms with Gasteiger partial charge in [-0.25, -0.2) is 0 Å². The highest BCUT2D eigenvalue weighted by molar-refractivity contribution is 6.30. The highest BCUT2D eigenvalue weighted by Gasteiger charge is 2.62. The molecular formula is C21H18ClNO5. The van der Waals surface area contributed by atoms with E-state index in [0.29, 0.717) is 21.8 Å². The number of rotatable bonds is 3. The van der Waals surface area contributed by atoms with Crippen LogP contribution in [0.5, 0.6) is 0 Å². The molecule has 0 N–H and O–H groups in total. The van der Waals surface area contributed by atoms with Crippen LogP contribution in [-0.4, -0.2) is 38.0 Å². The molecule has 4 atom stereocenters. The van der Waals surface area contributed by atoms with Crippen molar-refractivity contribution in [1.82, 2.24) is 0 Å². The number of hydrogen-bond donors (Lipinski definition) is 0. The van der Waals surface area contributed by atoms with Gasteiger partial charge in [-0.3, -0.25) is 14.4 Å². The number of methoxy groups -OCH3 is 2. The maximum absolute atomic E-state index is 13.4. The molecule has 0 aromatic heterocycles. The Morgan fingerprint density at radius 2 is 1.46 bits per heavy atom. The van der Waals surface area contributed by atoms with Crippen molar-refractivity contribution in [3.63, 3.8) is 0 Å². The molecule has 144 valence electrons. The summed E-state index contributed by atoms with van der Waals surface area (Å²) in [5, 5.41) is 0.550. The molecule has 2 aromatic rings. The Morgan fingerprint density at radius 1 is 0.893 bits per heavy atom. The predicted molar refractivity (Wildman–Crippen MR) is 102 cm³/mol. The number of ketones is 1. The summed E-state index contributed by atoms with van der Waals surface area (Å²) in [5.74, 6) is -3.22. The van der Waals surface area contributed by atoms with Gasteiger partial charge in [0.1, 0.15) is 12.0 Å². The van der Waals surface area contributed by atoms with Crippen LogP contribution in [0.25, 0.3) is 0 Å². The summed E-state index contributed by atoms with van der Waals surface area (Å²) in [5.41, 5.74) is 1.91. The fraction of sp³-hybridized carbons (Fsp3) is 0.286. The zero-order valence-corrected chi connectivity index (χ0v) is 16.1. The van der Waals surface area contributed by atoms with Gasteiger partial charge in [-0.05, 0) is 29.8 Å². The number of hydrogen-bond acceptors (Lipinski definition) is 6. The SMILES string of the molecule is COC(=O)[C@H]1[C@H](C(=O)OC)[C@H]2c3ccccc3C(=O)[C@H]1N2c1ccc(Cl)cc1. The second-order valence-corrected chi connectivity index (χ2v) is 7.26. The second kappa shape index (κ2) is 6.95. The number of carbonyl (C=O) groups is 3. The topological polar surface area (TPSA) is 72.9 Å². The number of ether oxygens (including phenoxy) is 2. The van der Waals surface area contributed by atoms with E-state index in [-0.39, 0.29) is 5.78 Å². The number of esters is 2. The first-order valence-corrected chi connectivity index (χ1v) is 9.20. The Bertz CT molecular complexity index is 958. The van der Waals surface area contributed by atoms with Gasteiger partial charge in [0.15, 0.2) is 5.78 Å². The van der Waals surface area contributed by atoms with Gasteiger partial charge in [-0.2, -0.15) is 0 Å². The molecule has 0 aliphatic carbocycles. The zero-order chi connectivity index (χ0) is 20.0. The summed E-state index contributed by atoms with van der Waals surface area (Å²) >= 11 is 6.02. The molecule has 2 aliphatic rings. The largest absolute Gasteiger partial charge is 0.469 e. The van der Waals surface area contributed by atoms with Gasteiger partial charge in [-0.15, -0.1) is 0 Å². The summed E-state index contributed by atoms with van der Waals surface area (Å²) < 4.78 is 9.99. The monoisotopic (exact) mass is 399 g/mol. The fourth-order valence-corrected chi connectivity index (χ4v) is 4.57. The smallest absolute Gasteiger partial charge is 0.312 e. The lowest BCUT2D eigenvalue weighted by Crippen LogP contribution is -2.46. The van der Waals surface area contributed by atoms with Crippen molar-refractivity contribution in [3.8, 4) is 0 Å². The minimum Gasteiger partial charge on any atom is -0.469 e. The highest BCUT2D eigenvalue weighted by atomic mass is 35.5. The van der Waals surface area contributed by atoms with Crippen molar-refractivity contribution in [3.05, 3.63) is 64.7 Å². The minimum absolute atomic E-state index is 0.219. The Kier molecular flexibility index (Phi) is 4.59. The lowest BCUT2D eigenvalue weighted by Gasteiger charge is -2.38. The lowest BCUT2D eigenvalue weighted by molar-refractivity contribution is -0.156. The number of carbonyl (C=O) groups excluding carboxylic acids is 3. The second-order valence-electron chi connectivity index (χ2n) is 6.82. The number of anilines is 1. The first-order chi connectivity index (χ1) is 13.5. The Hall–Kier alpha value is -2.86. The summed E-state index contributed by atoms with van der Waals surface area (Å²) in [4.78, 5) is 40.6. The van der Waals surface area contributed by atoms with E-state index in [1.807, 2.05) is 17.0 Å². The lowest BCUT2D eigenvalue weighted by atomic mass is 9.86. The van der Waals surface area contributed by atoms with Crippen molar-refractivity contribution in [2.75, 3.05) is 19.1 Å². The third-order valence-electron chi connectivity index (χ3n) is 5.55. The number of Topliss-reactive ketones (excluding diaryl/α,β-unsaturated/α-hetero) is 1. The summed E-state index contributed by atoms with van der Waals surface area (Å²) in [6.45, 7) is 0. The number of fused-ring (bicyclic) bond motifs is 4. The minimum atomic E-state index is -0.974. The Labute approximate surface area is 167 Å². The highest BCUT2D eigenvalue weighted by Crippen LogP contribution is 2.53. The van der Waals surface area contributed by atoms with Gasteiger partial charge in [0.25, 0.3) is 0 Å². The maximum atomic E-state index is 13.4. The van der Waals surface area contributed by atoms with Crippen LogP contribution in [0.2, 0.25) is 5.02 Å². The van der Waals surface area contributed by atoms with Crippen LogP contribution < -0.4 is 4.90 Å². The van der Waals surface area contributed by atoms with E-state index in [0.717, 1.165) is 0 Å². The van der Waals surface area contributed by atoms with Gasteiger partial charge in [0.2, 0.25) is 0 Å². The quantitative estimate of drug-likeness (QED) is 0.739. The zero-order valence-electron chi connectivity index (χ0n) is 15.3. The van der Waals surface area contributed by atoms with Crippen LogP contribution >= 0.6 is 11.6 Å². The molecule has 1 saturated heterocycles. The molecule has 1 fully saturated rings. The van der Waals surface area contributed by atoms with Crippen molar-refractivity contribution in [2.45, 2.75) is 12.1 Å². The third kappa shape index (κ3) is 2.59. The van der Waals surface area contributed by atoms with E-state index in [9.17, 15) is 14.4 Å². The van der Waals surface area contributed by atoms with Crippen molar-refractivity contribution >= 4 is 35.0 Å². The third-order valence-corrected chi connectivity index (χ3v) is 5.80. The molecule has 0 spiro atoms. The van der Waals surface area contributed by atoms with Gasteiger partial charge in [0, 0.05) is 16.3 Å². The molecule has 0 saturated carbocycles. The first kappa shape index (κ1) is 18.5. The summed E-state index contributed by atoms with van der Waals surface area (Å²) in [6, 6.07) is 12.7. The summed E-state index contributed by atoms with van der Waals surface area (Å²) in [6.07, 6.45) is 0. The molecular weight excluding hydrogens is 382 g/mol. The van der Waals surface area contributed by atoms with Crippen LogP contribution in [0.15, 0.2) is 48.5 Å². The predicted octanol–water partition coefficient (Wildman–Crippen LogP) is 3.04. The number of nitrogens with zero attached hydrogens (tertiary/aromatic N) is 1. The molecule has 6 nitrogen and oxygen atoms in total. The van der Waals surface area contributed by atoms with Gasteiger partial charge in [0.05, 0.1) is 26.2 Å². The molecule has 0 radical (unpaired) electrons. The van der Waals surface area contributed by atoms with E-state index in [4.69, 9.17) is 21.1 Å². The molecule has 0 amide bonds. The number of halogens is 1. The van der Waals surface area contributed by atoms with Crippen LogP contribution in [0, 0.1) is 11.8 Å². The average molecular weight is 400 g/mol. The van der Waals surface area contributed by atoms with Crippen molar-refractivity contribution < 1.29 is 23.9 Å². The van der Waals surface area contributed by atoms with E-state index in [2.05, 4.69) is 0 Å². The standard InChI is InChI=1S/C21H18ClNO5/c1-27-20(25)15-16(21(26)28-2)18-19(24)14-6-4-3-5-13(14)17(15)23(18)12-9-7-11(22)8-10-12/h3-10,15-18H,1-2H3/t15-,16-,17+,18-/m0/s1. The van der Waals surface area contributed by atoms with Gasteiger partial charge >= 0.3 is 11.9 Å². The molecule has 28 heavy (non-hydrogen) atoms. The van der Waals surface area contributed by atoms with Crippen LogP contribution in [-0.2, 0) is 19.1 Å². The first-order valence-electron chi connectivity index (χ1n) is 8.82. The van der Waals surface area contributed by atoms with Gasteiger partial charge in [-0.1, -0.05) is 35.9 Å². The molecule has 4 rings (SSSR count). The Morgan fingerprint density at radius 3 is 2.07 bits per heavy atom. The summed E-state index contributed by atoms with van der Waals surface area (Å²) in [7, 11) is 2.53. The molecule has 2 bridgehead atoms. The molecule has 7 heteroatoms. The van der Waals surface area contributed by atoms with E-state index in [1.165, 1.54) is 14.2 Å². The normalized spacial score (nSPS) is 25.2. The van der Waals surface area contributed by atoms with Crippen LogP contribution in [0.3, 0.4) is 0 Å². The van der Waals surface area contributed by atoms with E-state index >= 15 is 0 Å². The van der Waals surface area contributed by atoms with Crippen LogP contribution in [0.1, 0.15) is 22.0 Å². The average Bonchev–Trinajstić information content (AvgIpc) is 3.03. The van der Waals surface area contributed by atoms with Crippen LogP contribution in [0.4, 0.5) is 5.69 Å².